The van der Waals surface area contributed by atoms with Crippen LogP contribution in [0.1, 0.15) is 52.4 Å². The van der Waals surface area contributed by atoms with E-state index in [4.69, 9.17) is 0 Å². The minimum atomic E-state index is 0.791. The lowest BCUT2D eigenvalue weighted by Crippen LogP contribution is -2.50. The van der Waals surface area contributed by atoms with Gasteiger partial charge in [-0.1, -0.05) is 45.3 Å². The molecule has 0 spiro atoms. The van der Waals surface area contributed by atoms with Crippen molar-refractivity contribution in [2.45, 2.75) is 58.4 Å². The van der Waals surface area contributed by atoms with Gasteiger partial charge in [-0.2, -0.15) is 0 Å². The summed E-state index contributed by atoms with van der Waals surface area (Å²) in [5, 5.41) is 0. The van der Waals surface area contributed by atoms with Crippen molar-refractivity contribution in [1.29, 1.82) is 0 Å². The third-order valence-corrected chi connectivity index (χ3v) is 4.64. The molecule has 0 amide bonds. The molecule has 1 heterocycles. The third kappa shape index (κ3) is 5.27. The van der Waals surface area contributed by atoms with Crippen molar-refractivity contribution >= 4 is 0 Å². The largest absolute Gasteiger partial charge is 0.298 e. The molecule has 0 aromatic carbocycles. The third-order valence-electron chi connectivity index (χ3n) is 4.64. The Balaban J connectivity index is 1.63. The number of rotatable bonds is 5. The average Bonchev–Trinajstić information content (AvgIpc) is 2.45. The first-order valence-electron chi connectivity index (χ1n) is 8.37. The minimum Gasteiger partial charge on any atom is -0.298 e. The van der Waals surface area contributed by atoms with Crippen molar-refractivity contribution in [3.63, 3.8) is 0 Å². The van der Waals surface area contributed by atoms with Gasteiger partial charge in [0.1, 0.15) is 0 Å². The van der Waals surface area contributed by atoms with E-state index in [-0.39, 0.29) is 0 Å². The van der Waals surface area contributed by atoms with Gasteiger partial charge in [0.25, 0.3) is 0 Å². The molecule has 0 bridgehead atoms. The molecule has 19 heavy (non-hydrogen) atoms. The van der Waals surface area contributed by atoms with Crippen LogP contribution >= 0.6 is 0 Å². The maximum atomic E-state index is 2.76. The highest BCUT2D eigenvalue weighted by Crippen LogP contribution is 2.23. The van der Waals surface area contributed by atoms with E-state index >= 15 is 0 Å². The second-order valence-electron chi connectivity index (χ2n) is 6.73. The van der Waals surface area contributed by atoms with E-state index in [1.165, 1.54) is 64.7 Å². The van der Waals surface area contributed by atoms with E-state index in [9.17, 15) is 0 Å². The smallest absolute Gasteiger partial charge is 0.0164 e. The van der Waals surface area contributed by atoms with Gasteiger partial charge < -0.3 is 0 Å². The Labute approximate surface area is 119 Å². The van der Waals surface area contributed by atoms with Crippen LogP contribution in [0.15, 0.2) is 12.2 Å². The van der Waals surface area contributed by atoms with Gasteiger partial charge in [0.2, 0.25) is 0 Å². The maximum absolute atomic E-state index is 2.76. The van der Waals surface area contributed by atoms with E-state index in [2.05, 4.69) is 35.8 Å². The highest BCUT2D eigenvalue weighted by molar-refractivity contribution is 4.88. The summed E-state index contributed by atoms with van der Waals surface area (Å²) in [6, 6.07) is 0.910. The Morgan fingerprint density at radius 3 is 2.26 bits per heavy atom. The molecular formula is C17H32N2. The predicted molar refractivity (Wildman–Crippen MR) is 83.5 cm³/mol. The maximum Gasteiger partial charge on any atom is 0.0164 e. The van der Waals surface area contributed by atoms with Gasteiger partial charge in [0.05, 0.1) is 0 Å². The molecule has 0 aromatic rings. The van der Waals surface area contributed by atoms with Gasteiger partial charge in [-0.15, -0.1) is 0 Å². The van der Waals surface area contributed by atoms with Crippen LogP contribution in [0.25, 0.3) is 0 Å². The van der Waals surface area contributed by atoms with E-state index in [1.54, 1.807) is 0 Å². The topological polar surface area (TPSA) is 6.48 Å². The van der Waals surface area contributed by atoms with Crippen molar-refractivity contribution < 1.29 is 0 Å². The Morgan fingerprint density at radius 2 is 1.63 bits per heavy atom. The van der Waals surface area contributed by atoms with Crippen LogP contribution in [0.3, 0.4) is 0 Å². The number of hydrogen-bond acceptors (Lipinski definition) is 2. The molecule has 0 unspecified atom stereocenters. The molecule has 0 N–H and O–H groups in total. The van der Waals surface area contributed by atoms with Crippen molar-refractivity contribution in [1.82, 2.24) is 9.80 Å². The van der Waals surface area contributed by atoms with E-state index in [1.807, 2.05) is 0 Å². The van der Waals surface area contributed by atoms with E-state index in [0.29, 0.717) is 0 Å². The molecule has 0 atom stereocenters. The van der Waals surface area contributed by atoms with Crippen LogP contribution < -0.4 is 0 Å². The van der Waals surface area contributed by atoms with Gasteiger partial charge in [-0.3, -0.25) is 9.80 Å². The fourth-order valence-corrected chi connectivity index (χ4v) is 3.35. The summed E-state index contributed by atoms with van der Waals surface area (Å²) in [7, 11) is 0. The molecule has 2 nitrogen and oxygen atoms in total. The van der Waals surface area contributed by atoms with Gasteiger partial charge in [-0.25, -0.2) is 0 Å². The van der Waals surface area contributed by atoms with E-state index in [0.717, 1.165) is 18.5 Å². The Kier molecular flexibility index (Phi) is 6.39. The predicted octanol–water partition coefficient (Wildman–Crippen LogP) is 3.54. The summed E-state index contributed by atoms with van der Waals surface area (Å²) in [6.45, 7) is 10.8. The normalized spacial score (nSPS) is 24.6. The highest BCUT2D eigenvalue weighted by Gasteiger charge is 2.24. The fourth-order valence-electron chi connectivity index (χ4n) is 3.35. The molecule has 1 saturated heterocycles. The first kappa shape index (κ1) is 15.1. The fraction of sp³-hybridized carbons (Fsp3) is 0.882. The first-order chi connectivity index (χ1) is 9.25. The molecule has 2 heteroatoms. The molecule has 1 aliphatic heterocycles. The zero-order chi connectivity index (χ0) is 13.5. The Bertz CT molecular complexity index is 258. The van der Waals surface area contributed by atoms with Crippen LogP contribution in [0.5, 0.6) is 0 Å². The average molecular weight is 264 g/mol. The first-order valence-corrected chi connectivity index (χ1v) is 8.37. The molecule has 0 aromatic heterocycles. The number of nitrogens with zero attached hydrogens (tertiary/aromatic N) is 2. The van der Waals surface area contributed by atoms with Crippen LogP contribution in [-0.2, 0) is 0 Å². The lowest BCUT2D eigenvalue weighted by Gasteiger charge is -2.40. The summed E-state index contributed by atoms with van der Waals surface area (Å²) >= 11 is 0. The van der Waals surface area contributed by atoms with Gasteiger partial charge in [0, 0.05) is 38.8 Å². The van der Waals surface area contributed by atoms with Gasteiger partial charge in [-0.05, 0) is 25.2 Å². The number of allylic oxidation sites excluding steroid dienone is 1. The van der Waals surface area contributed by atoms with Gasteiger partial charge in [0.15, 0.2) is 0 Å². The standard InChI is InChI=1S/C17H32N2/c1-16(2)8-6-7-11-18-12-14-19(15-13-18)17-9-4-3-5-10-17/h6-7,16-17H,3-5,8-15H2,1-2H3/b7-6+. The molecule has 0 radical (unpaired) electrons. The highest BCUT2D eigenvalue weighted by atomic mass is 15.3. The molecule has 110 valence electrons. The van der Waals surface area contributed by atoms with Crippen molar-refractivity contribution in [3.05, 3.63) is 12.2 Å². The van der Waals surface area contributed by atoms with E-state index < -0.39 is 0 Å². The molecule has 1 aliphatic carbocycles. The van der Waals surface area contributed by atoms with Crippen LogP contribution in [-0.4, -0.2) is 48.6 Å². The molecule has 2 fully saturated rings. The van der Waals surface area contributed by atoms with Gasteiger partial charge >= 0.3 is 0 Å². The molecule has 1 saturated carbocycles. The quantitative estimate of drug-likeness (QED) is 0.701. The summed E-state index contributed by atoms with van der Waals surface area (Å²) in [5.41, 5.74) is 0. The number of piperazine rings is 1. The summed E-state index contributed by atoms with van der Waals surface area (Å²) in [6.07, 6.45) is 13.3. The second kappa shape index (κ2) is 8.06. The van der Waals surface area contributed by atoms with Crippen LogP contribution in [0.4, 0.5) is 0 Å². The SMILES string of the molecule is CC(C)C/C=C/CN1CCN(C2CCCCC2)CC1. The summed E-state index contributed by atoms with van der Waals surface area (Å²) in [5.74, 6) is 0.791. The number of hydrogen-bond donors (Lipinski definition) is 0. The van der Waals surface area contributed by atoms with Crippen LogP contribution in [0.2, 0.25) is 0 Å². The monoisotopic (exact) mass is 264 g/mol. The Hall–Kier alpha value is -0.340. The zero-order valence-corrected chi connectivity index (χ0v) is 13.0. The van der Waals surface area contributed by atoms with Crippen molar-refractivity contribution in [3.8, 4) is 0 Å². The second-order valence-corrected chi connectivity index (χ2v) is 6.73. The summed E-state index contributed by atoms with van der Waals surface area (Å²) < 4.78 is 0. The molecule has 2 rings (SSSR count). The molecule has 2 aliphatic rings. The van der Waals surface area contributed by atoms with Crippen molar-refractivity contribution in [2.24, 2.45) is 5.92 Å². The lowest BCUT2D eigenvalue weighted by molar-refractivity contribution is 0.0846. The zero-order valence-electron chi connectivity index (χ0n) is 13.0. The molecular weight excluding hydrogens is 232 g/mol. The Morgan fingerprint density at radius 1 is 0.947 bits per heavy atom. The lowest BCUT2D eigenvalue weighted by atomic mass is 9.94. The summed E-state index contributed by atoms with van der Waals surface area (Å²) in [4.78, 5) is 5.36. The minimum absolute atomic E-state index is 0.791. The van der Waals surface area contributed by atoms with Crippen LogP contribution in [0, 0.1) is 5.92 Å². The van der Waals surface area contributed by atoms with Crippen molar-refractivity contribution in [2.75, 3.05) is 32.7 Å².